The molecule has 1 amide bonds. The molecule has 2 unspecified atom stereocenters. The molecule has 1 saturated heterocycles. The maximum atomic E-state index is 12.5. The summed E-state index contributed by atoms with van der Waals surface area (Å²) in [5.41, 5.74) is 9.48. The number of hydrogen-bond donors (Lipinski definition) is 1. The molecule has 5 nitrogen and oxygen atoms in total. The molecule has 0 saturated carbocycles. The molecule has 2 atom stereocenters. The molecule has 1 aromatic heterocycles. The Balaban J connectivity index is 1.66. The van der Waals surface area contributed by atoms with Gasteiger partial charge in [-0.25, -0.2) is 4.98 Å². The monoisotopic (exact) mass is 408 g/mol. The fourth-order valence-electron chi connectivity index (χ4n) is 4.14. The van der Waals surface area contributed by atoms with Crippen LogP contribution < -0.4 is 5.73 Å². The highest BCUT2D eigenvalue weighted by Crippen LogP contribution is 2.31. The fourth-order valence-corrected chi connectivity index (χ4v) is 4.14. The van der Waals surface area contributed by atoms with Crippen molar-refractivity contribution in [2.24, 2.45) is 5.73 Å². The molecule has 1 aliphatic rings. The Bertz CT molecular complexity index is 834. The topological polar surface area (TPSA) is 64.2 Å². The van der Waals surface area contributed by atoms with Gasteiger partial charge in [0.25, 0.3) is 0 Å². The minimum absolute atomic E-state index is 0.183. The lowest BCUT2D eigenvalue weighted by molar-refractivity contribution is -0.130. The molecule has 2 aromatic rings. The van der Waals surface area contributed by atoms with Gasteiger partial charge in [-0.05, 0) is 57.9 Å². The van der Waals surface area contributed by atoms with Gasteiger partial charge in [0.05, 0.1) is 12.0 Å². The maximum absolute atomic E-state index is 12.5. The lowest BCUT2D eigenvalue weighted by atomic mass is 9.81. The number of amides is 1. The third-order valence-electron chi connectivity index (χ3n) is 6.35. The number of imidazole rings is 1. The van der Waals surface area contributed by atoms with Crippen LogP contribution in [0.25, 0.3) is 0 Å². The lowest BCUT2D eigenvalue weighted by Crippen LogP contribution is -2.38. The van der Waals surface area contributed by atoms with E-state index in [1.165, 1.54) is 5.56 Å². The molecule has 1 aliphatic heterocycles. The van der Waals surface area contributed by atoms with Crippen molar-refractivity contribution in [3.05, 3.63) is 66.3 Å². The number of benzene rings is 1. The summed E-state index contributed by atoms with van der Waals surface area (Å²) in [5.74, 6) is 0.422. The first-order valence-corrected chi connectivity index (χ1v) is 11.1. The van der Waals surface area contributed by atoms with E-state index in [-0.39, 0.29) is 11.8 Å². The second kappa shape index (κ2) is 10.1. The van der Waals surface area contributed by atoms with Gasteiger partial charge in [0.15, 0.2) is 0 Å². The van der Waals surface area contributed by atoms with E-state index in [4.69, 9.17) is 5.73 Å². The molecular formula is C25H36N4O. The van der Waals surface area contributed by atoms with Gasteiger partial charge in [0, 0.05) is 30.7 Å². The van der Waals surface area contributed by atoms with Crippen LogP contribution in [0.3, 0.4) is 0 Å². The maximum Gasteiger partial charge on any atom is 0.242 e. The highest BCUT2D eigenvalue weighted by Gasteiger charge is 2.27. The van der Waals surface area contributed by atoms with Crippen molar-refractivity contribution in [2.75, 3.05) is 13.1 Å². The average molecular weight is 409 g/mol. The number of carbonyl (C=O) groups excluding carboxylic acids is 1. The summed E-state index contributed by atoms with van der Waals surface area (Å²) in [7, 11) is 0. The van der Waals surface area contributed by atoms with Gasteiger partial charge < -0.3 is 15.2 Å². The second-order valence-electron chi connectivity index (χ2n) is 9.04. The van der Waals surface area contributed by atoms with E-state index in [1.807, 2.05) is 29.5 Å². The largest absolute Gasteiger partial charge is 0.341 e. The van der Waals surface area contributed by atoms with Crippen LogP contribution in [0, 0.1) is 0 Å². The Labute approximate surface area is 181 Å². The summed E-state index contributed by atoms with van der Waals surface area (Å²) in [6.07, 6.45) is 9.97. The first kappa shape index (κ1) is 22.3. The van der Waals surface area contributed by atoms with Gasteiger partial charge in [0.2, 0.25) is 5.91 Å². The quantitative estimate of drug-likeness (QED) is 0.596. The van der Waals surface area contributed by atoms with Crippen LogP contribution in [0.4, 0.5) is 0 Å². The Hall–Kier alpha value is -2.40. The highest BCUT2D eigenvalue weighted by molar-refractivity contribution is 5.76. The van der Waals surface area contributed by atoms with E-state index >= 15 is 0 Å². The van der Waals surface area contributed by atoms with Gasteiger partial charge in [-0.15, -0.1) is 0 Å². The van der Waals surface area contributed by atoms with Crippen molar-refractivity contribution in [3.8, 4) is 0 Å². The fraction of sp³-hybridized carbons (Fsp3) is 0.520. The zero-order chi connectivity index (χ0) is 21.6. The summed E-state index contributed by atoms with van der Waals surface area (Å²) >= 11 is 0. The van der Waals surface area contributed by atoms with Crippen LogP contribution in [-0.2, 0) is 17.8 Å². The molecule has 0 aliphatic carbocycles. The van der Waals surface area contributed by atoms with Gasteiger partial charge >= 0.3 is 0 Å². The Morgan fingerprint density at radius 1 is 1.27 bits per heavy atom. The van der Waals surface area contributed by atoms with Crippen LogP contribution in [0.5, 0.6) is 0 Å². The number of likely N-dealkylation sites (tertiary alicyclic amines) is 1. The number of aromatic nitrogens is 2. The predicted octanol–water partition coefficient (Wildman–Crippen LogP) is 4.30. The van der Waals surface area contributed by atoms with Crippen molar-refractivity contribution < 1.29 is 4.79 Å². The molecule has 0 bridgehead atoms. The predicted molar refractivity (Wildman–Crippen MR) is 122 cm³/mol. The highest BCUT2D eigenvalue weighted by atomic mass is 16.2. The van der Waals surface area contributed by atoms with Gasteiger partial charge in [-0.1, -0.05) is 42.5 Å². The van der Waals surface area contributed by atoms with E-state index in [2.05, 4.69) is 41.9 Å². The zero-order valence-electron chi connectivity index (χ0n) is 18.5. The van der Waals surface area contributed by atoms with Crippen LogP contribution in [0.2, 0.25) is 0 Å². The number of hydrogen-bond acceptors (Lipinski definition) is 3. The van der Waals surface area contributed by atoms with Crippen molar-refractivity contribution in [1.82, 2.24) is 14.5 Å². The third-order valence-corrected chi connectivity index (χ3v) is 6.35. The Morgan fingerprint density at radius 2 is 1.97 bits per heavy atom. The molecule has 162 valence electrons. The van der Waals surface area contributed by atoms with E-state index in [0.29, 0.717) is 6.54 Å². The van der Waals surface area contributed by atoms with Gasteiger partial charge in [-0.2, -0.15) is 0 Å². The van der Waals surface area contributed by atoms with Crippen molar-refractivity contribution in [3.63, 3.8) is 0 Å². The Kier molecular flexibility index (Phi) is 7.48. The minimum atomic E-state index is -0.438. The van der Waals surface area contributed by atoms with Crippen molar-refractivity contribution in [1.29, 1.82) is 0 Å². The SMILES string of the molecule is C=C(C)C(C)(N)CC(CCCc1ccccc1)c1cn(CC(=O)N2CCCC2)cn1. The molecule has 0 radical (unpaired) electrons. The first-order valence-electron chi connectivity index (χ1n) is 11.1. The molecule has 2 heterocycles. The number of carbonyl (C=O) groups is 1. The van der Waals surface area contributed by atoms with Crippen molar-refractivity contribution in [2.45, 2.75) is 70.4 Å². The third kappa shape index (κ3) is 6.05. The standard InChI is InChI=1S/C25H36N4O/c1-20(2)25(3,26)16-22(13-9-12-21-10-5-4-6-11-21)23-17-28(19-27-23)18-24(30)29-14-7-8-15-29/h4-6,10-11,17,19,22H,1,7-9,12-16,18,26H2,2-3H3. The van der Waals surface area contributed by atoms with Gasteiger partial charge in [0.1, 0.15) is 6.54 Å². The minimum Gasteiger partial charge on any atom is -0.341 e. The second-order valence-corrected chi connectivity index (χ2v) is 9.04. The molecule has 1 aromatic carbocycles. The Morgan fingerprint density at radius 3 is 2.63 bits per heavy atom. The normalized spacial score (nSPS) is 17.0. The number of rotatable bonds is 10. The number of nitrogens with two attached hydrogens (primary N) is 1. The molecule has 0 spiro atoms. The molecule has 30 heavy (non-hydrogen) atoms. The van der Waals surface area contributed by atoms with Crippen LogP contribution in [-0.4, -0.2) is 39.0 Å². The molecule has 2 N–H and O–H groups in total. The number of aryl methyl sites for hydroxylation is 1. The molecule has 3 rings (SSSR count). The smallest absolute Gasteiger partial charge is 0.242 e. The van der Waals surface area contributed by atoms with Gasteiger partial charge in [-0.3, -0.25) is 4.79 Å². The number of nitrogens with zero attached hydrogens (tertiary/aromatic N) is 3. The summed E-state index contributed by atoms with van der Waals surface area (Å²) in [5, 5.41) is 0. The first-order chi connectivity index (χ1) is 14.3. The lowest BCUT2D eigenvalue weighted by Gasteiger charge is -2.29. The summed E-state index contributed by atoms with van der Waals surface area (Å²) in [4.78, 5) is 19.1. The van der Waals surface area contributed by atoms with Crippen LogP contribution in [0.15, 0.2) is 55.0 Å². The van der Waals surface area contributed by atoms with E-state index < -0.39 is 5.54 Å². The van der Waals surface area contributed by atoms with E-state index in [9.17, 15) is 4.79 Å². The van der Waals surface area contributed by atoms with E-state index in [0.717, 1.165) is 62.9 Å². The average Bonchev–Trinajstić information content (AvgIpc) is 3.40. The van der Waals surface area contributed by atoms with Crippen LogP contribution >= 0.6 is 0 Å². The van der Waals surface area contributed by atoms with E-state index in [1.54, 1.807) is 6.33 Å². The summed E-state index contributed by atoms with van der Waals surface area (Å²) in [6, 6.07) is 10.6. The summed E-state index contributed by atoms with van der Waals surface area (Å²) in [6.45, 7) is 10.3. The molecule has 5 heteroatoms. The molecular weight excluding hydrogens is 372 g/mol. The van der Waals surface area contributed by atoms with Crippen molar-refractivity contribution >= 4 is 5.91 Å². The summed E-state index contributed by atoms with van der Waals surface area (Å²) < 4.78 is 1.93. The zero-order valence-corrected chi connectivity index (χ0v) is 18.5. The molecule has 1 fully saturated rings. The van der Waals surface area contributed by atoms with Crippen LogP contribution in [0.1, 0.15) is 63.1 Å².